The minimum atomic E-state index is -0.534. The molecule has 0 unspecified atom stereocenters. The Morgan fingerprint density at radius 1 is 1.45 bits per heavy atom. The van der Waals surface area contributed by atoms with Crippen LogP contribution in [0.2, 0.25) is 0 Å². The molecule has 0 bridgehead atoms. The third-order valence-corrected chi connectivity index (χ3v) is 3.39. The molecule has 1 aliphatic rings. The average molecular weight is 283 g/mol. The summed E-state index contributed by atoms with van der Waals surface area (Å²) in [4.78, 5) is 37.0. The second-order valence-electron chi connectivity index (χ2n) is 5.37. The monoisotopic (exact) mass is 283 g/mol. The van der Waals surface area contributed by atoms with Crippen molar-refractivity contribution in [1.29, 1.82) is 0 Å². The SMILES string of the molecule is CCCCNC(=O)CC[C@H]1C(=O)NCC(=O)N1C(C)C. The van der Waals surface area contributed by atoms with Crippen LogP contribution in [0.3, 0.4) is 0 Å². The zero-order valence-electron chi connectivity index (χ0n) is 12.6. The van der Waals surface area contributed by atoms with E-state index < -0.39 is 6.04 Å². The van der Waals surface area contributed by atoms with E-state index in [0.717, 1.165) is 12.8 Å². The number of piperazine rings is 1. The highest BCUT2D eigenvalue weighted by Crippen LogP contribution is 2.15. The number of carbonyl (C=O) groups excluding carboxylic acids is 3. The summed E-state index contributed by atoms with van der Waals surface area (Å²) in [5.74, 6) is -0.316. The quantitative estimate of drug-likeness (QED) is 0.665. The van der Waals surface area contributed by atoms with Crippen LogP contribution in [-0.4, -0.2) is 47.8 Å². The van der Waals surface area contributed by atoms with Crippen LogP contribution in [0.25, 0.3) is 0 Å². The van der Waals surface area contributed by atoms with Gasteiger partial charge >= 0.3 is 0 Å². The van der Waals surface area contributed by atoms with Crippen LogP contribution in [0.15, 0.2) is 0 Å². The smallest absolute Gasteiger partial charge is 0.243 e. The molecule has 20 heavy (non-hydrogen) atoms. The van der Waals surface area contributed by atoms with Crippen molar-refractivity contribution in [3.63, 3.8) is 0 Å². The van der Waals surface area contributed by atoms with Crippen molar-refractivity contribution in [3.8, 4) is 0 Å². The lowest BCUT2D eigenvalue weighted by Crippen LogP contribution is -2.60. The van der Waals surface area contributed by atoms with Crippen LogP contribution < -0.4 is 10.6 Å². The van der Waals surface area contributed by atoms with E-state index in [2.05, 4.69) is 17.6 Å². The van der Waals surface area contributed by atoms with E-state index in [9.17, 15) is 14.4 Å². The molecule has 3 amide bonds. The van der Waals surface area contributed by atoms with Crippen LogP contribution >= 0.6 is 0 Å². The molecule has 0 aromatic heterocycles. The number of carbonyl (C=O) groups is 3. The van der Waals surface area contributed by atoms with Gasteiger partial charge in [0.1, 0.15) is 6.04 Å². The summed E-state index contributed by atoms with van der Waals surface area (Å²) < 4.78 is 0. The zero-order valence-corrected chi connectivity index (χ0v) is 12.6. The molecule has 1 rings (SSSR count). The van der Waals surface area contributed by atoms with Gasteiger partial charge in [-0.05, 0) is 26.7 Å². The standard InChI is InChI=1S/C14H25N3O3/c1-4-5-8-15-12(18)7-6-11-14(20)16-9-13(19)17(11)10(2)3/h10-11H,4-9H2,1-3H3,(H,15,18)(H,16,20)/t11-/m0/s1. The highest BCUT2D eigenvalue weighted by molar-refractivity contribution is 5.95. The fourth-order valence-electron chi connectivity index (χ4n) is 2.35. The Kier molecular flexibility index (Phi) is 6.48. The highest BCUT2D eigenvalue weighted by atomic mass is 16.2. The summed E-state index contributed by atoms with van der Waals surface area (Å²) in [6, 6.07) is -0.574. The summed E-state index contributed by atoms with van der Waals surface area (Å²) in [7, 11) is 0. The summed E-state index contributed by atoms with van der Waals surface area (Å²) in [5, 5.41) is 5.40. The minimum Gasteiger partial charge on any atom is -0.356 e. The predicted octanol–water partition coefficient (Wildman–Crippen LogP) is 0.418. The molecule has 0 saturated carbocycles. The normalized spacial score (nSPS) is 19.2. The first kappa shape index (κ1) is 16.5. The van der Waals surface area contributed by atoms with Crippen molar-refractivity contribution in [1.82, 2.24) is 15.5 Å². The van der Waals surface area contributed by atoms with Gasteiger partial charge in [0.25, 0.3) is 0 Å². The molecule has 1 aliphatic heterocycles. The highest BCUT2D eigenvalue weighted by Gasteiger charge is 2.35. The van der Waals surface area contributed by atoms with Gasteiger partial charge in [-0.15, -0.1) is 0 Å². The fourth-order valence-corrected chi connectivity index (χ4v) is 2.35. The van der Waals surface area contributed by atoms with Gasteiger partial charge in [-0.2, -0.15) is 0 Å². The van der Waals surface area contributed by atoms with Crippen LogP contribution in [0.5, 0.6) is 0 Å². The second kappa shape index (κ2) is 7.87. The molecule has 0 aromatic carbocycles. The molecule has 0 radical (unpaired) electrons. The third-order valence-electron chi connectivity index (χ3n) is 3.39. The van der Waals surface area contributed by atoms with Crippen molar-refractivity contribution in [2.24, 2.45) is 0 Å². The topological polar surface area (TPSA) is 78.5 Å². The maximum Gasteiger partial charge on any atom is 0.243 e. The van der Waals surface area contributed by atoms with Gasteiger partial charge in [0.05, 0.1) is 6.54 Å². The first-order valence-electron chi connectivity index (χ1n) is 7.33. The first-order chi connectivity index (χ1) is 9.47. The molecule has 6 heteroatoms. The number of nitrogens with one attached hydrogen (secondary N) is 2. The molecule has 0 spiro atoms. The first-order valence-corrected chi connectivity index (χ1v) is 7.33. The Balaban J connectivity index is 2.51. The van der Waals surface area contributed by atoms with E-state index in [1.807, 2.05) is 13.8 Å². The van der Waals surface area contributed by atoms with E-state index in [1.165, 1.54) is 0 Å². The van der Waals surface area contributed by atoms with Gasteiger partial charge in [0.2, 0.25) is 17.7 Å². The minimum absolute atomic E-state index is 0.0401. The van der Waals surface area contributed by atoms with Crippen molar-refractivity contribution in [2.45, 2.75) is 58.5 Å². The predicted molar refractivity (Wildman–Crippen MR) is 75.9 cm³/mol. The Bertz CT molecular complexity index is 369. The molecule has 0 aromatic rings. The average Bonchev–Trinajstić information content (AvgIpc) is 2.39. The molecular formula is C14H25N3O3. The summed E-state index contributed by atoms with van der Waals surface area (Å²) in [5.41, 5.74) is 0. The molecule has 1 heterocycles. The molecule has 1 fully saturated rings. The van der Waals surface area contributed by atoms with Gasteiger partial charge in [-0.1, -0.05) is 13.3 Å². The zero-order chi connectivity index (χ0) is 15.1. The molecule has 1 atom stereocenters. The maximum absolute atomic E-state index is 11.9. The summed E-state index contributed by atoms with van der Waals surface area (Å²) >= 11 is 0. The van der Waals surface area contributed by atoms with E-state index in [-0.39, 0.29) is 36.7 Å². The van der Waals surface area contributed by atoms with Crippen LogP contribution in [-0.2, 0) is 14.4 Å². The lowest BCUT2D eigenvalue weighted by Gasteiger charge is -2.37. The molecule has 114 valence electrons. The maximum atomic E-state index is 11.9. The Morgan fingerprint density at radius 2 is 2.15 bits per heavy atom. The molecular weight excluding hydrogens is 258 g/mol. The van der Waals surface area contributed by atoms with Crippen LogP contribution in [0.1, 0.15) is 46.5 Å². The summed E-state index contributed by atoms with van der Waals surface area (Å²) in [6.45, 7) is 6.54. The van der Waals surface area contributed by atoms with Gasteiger partial charge in [0.15, 0.2) is 0 Å². The lowest BCUT2D eigenvalue weighted by molar-refractivity contribution is -0.148. The van der Waals surface area contributed by atoms with Crippen molar-refractivity contribution >= 4 is 17.7 Å². The number of hydrogen-bond donors (Lipinski definition) is 2. The number of rotatable bonds is 7. The van der Waals surface area contributed by atoms with Gasteiger partial charge in [-0.25, -0.2) is 0 Å². The molecule has 2 N–H and O–H groups in total. The number of amides is 3. The molecule has 6 nitrogen and oxygen atoms in total. The third kappa shape index (κ3) is 4.51. The molecule has 0 aliphatic carbocycles. The van der Waals surface area contributed by atoms with Gasteiger partial charge in [0, 0.05) is 19.0 Å². The Hall–Kier alpha value is -1.59. The summed E-state index contributed by atoms with van der Waals surface area (Å²) in [6.07, 6.45) is 2.61. The van der Waals surface area contributed by atoms with Crippen molar-refractivity contribution < 1.29 is 14.4 Å². The van der Waals surface area contributed by atoms with E-state index >= 15 is 0 Å². The van der Waals surface area contributed by atoms with Gasteiger partial charge < -0.3 is 15.5 Å². The van der Waals surface area contributed by atoms with Crippen molar-refractivity contribution in [2.75, 3.05) is 13.1 Å². The van der Waals surface area contributed by atoms with Crippen molar-refractivity contribution in [3.05, 3.63) is 0 Å². The fraction of sp³-hybridized carbons (Fsp3) is 0.786. The number of unbranched alkanes of at least 4 members (excludes halogenated alkanes) is 1. The van der Waals surface area contributed by atoms with Crippen LogP contribution in [0.4, 0.5) is 0 Å². The van der Waals surface area contributed by atoms with E-state index in [4.69, 9.17) is 0 Å². The lowest BCUT2D eigenvalue weighted by atomic mass is 10.0. The van der Waals surface area contributed by atoms with E-state index in [1.54, 1.807) is 4.90 Å². The van der Waals surface area contributed by atoms with E-state index in [0.29, 0.717) is 13.0 Å². The van der Waals surface area contributed by atoms with Gasteiger partial charge in [-0.3, -0.25) is 14.4 Å². The van der Waals surface area contributed by atoms with Crippen LogP contribution in [0, 0.1) is 0 Å². The number of nitrogens with zero attached hydrogens (tertiary/aromatic N) is 1. The molecule has 1 saturated heterocycles. The Morgan fingerprint density at radius 3 is 2.75 bits per heavy atom. The Labute approximate surface area is 120 Å². The number of hydrogen-bond acceptors (Lipinski definition) is 3. The largest absolute Gasteiger partial charge is 0.356 e. The second-order valence-corrected chi connectivity index (χ2v) is 5.37.